The van der Waals surface area contributed by atoms with Crippen molar-refractivity contribution in [2.45, 2.75) is 19.4 Å². The molecule has 0 aliphatic rings. The van der Waals surface area contributed by atoms with E-state index in [9.17, 15) is 9.59 Å². The van der Waals surface area contributed by atoms with Crippen LogP contribution in [0.1, 0.15) is 22.8 Å². The third-order valence-corrected chi connectivity index (χ3v) is 2.62. The number of hydrogen-bond acceptors (Lipinski definition) is 4. The number of hydrogen-bond donors (Lipinski definition) is 2. The second-order valence-corrected chi connectivity index (χ2v) is 3.74. The van der Waals surface area contributed by atoms with Crippen LogP contribution in [0.4, 0.5) is 0 Å². The summed E-state index contributed by atoms with van der Waals surface area (Å²) in [5.41, 5.74) is 1.39. The average Bonchev–Trinajstić information content (AvgIpc) is 2.43. The van der Waals surface area contributed by atoms with E-state index in [0.717, 1.165) is 5.56 Å². The first-order chi connectivity index (χ1) is 8.63. The van der Waals surface area contributed by atoms with Crippen molar-refractivity contribution in [1.29, 1.82) is 0 Å². The van der Waals surface area contributed by atoms with Gasteiger partial charge in [0.1, 0.15) is 0 Å². The molecule has 0 fully saturated rings. The van der Waals surface area contributed by atoms with E-state index in [0.29, 0.717) is 12.0 Å². The zero-order valence-electron chi connectivity index (χ0n) is 10.5. The van der Waals surface area contributed by atoms with Gasteiger partial charge in [0.05, 0.1) is 13.7 Å². The Morgan fingerprint density at radius 1 is 1.39 bits per heavy atom. The topological polar surface area (TPSA) is 75.6 Å². The summed E-state index contributed by atoms with van der Waals surface area (Å²) in [4.78, 5) is 23.3. The number of aryl methyl sites for hydroxylation is 1. The Kier molecular flexibility index (Phi) is 5.32. The normalized spacial score (nSPS) is 11.7. The highest BCUT2D eigenvalue weighted by molar-refractivity contribution is 5.98. The molecule has 0 radical (unpaired) electrons. The number of methoxy groups -OCH3 is 1. The van der Waals surface area contributed by atoms with Gasteiger partial charge in [-0.25, -0.2) is 4.79 Å². The van der Waals surface area contributed by atoms with E-state index < -0.39 is 24.5 Å². The van der Waals surface area contributed by atoms with E-state index in [2.05, 4.69) is 10.1 Å². The summed E-state index contributed by atoms with van der Waals surface area (Å²) in [5.74, 6) is -1.06. The largest absolute Gasteiger partial charge is 0.467 e. The van der Waals surface area contributed by atoms with Crippen LogP contribution in [0, 0.1) is 0 Å². The van der Waals surface area contributed by atoms with Gasteiger partial charge < -0.3 is 15.2 Å². The van der Waals surface area contributed by atoms with Crippen LogP contribution in [0.2, 0.25) is 0 Å². The fourth-order valence-electron chi connectivity index (χ4n) is 1.61. The Morgan fingerprint density at radius 2 is 2.06 bits per heavy atom. The van der Waals surface area contributed by atoms with Crippen LogP contribution in [0.5, 0.6) is 0 Å². The molecule has 0 aliphatic heterocycles. The standard InChI is InChI=1S/C13H17NO4/c1-3-9-6-4-5-7-10(9)12(16)14-11(8-15)13(17)18-2/h4-7,11,15H,3,8H2,1-2H3,(H,14,16)/t11-/m0/s1. The summed E-state index contributed by atoms with van der Waals surface area (Å²) in [6.07, 6.45) is 0.714. The highest BCUT2D eigenvalue weighted by atomic mass is 16.5. The number of rotatable bonds is 5. The Labute approximate surface area is 106 Å². The van der Waals surface area contributed by atoms with Gasteiger partial charge in [0.15, 0.2) is 6.04 Å². The maximum absolute atomic E-state index is 12.0. The predicted octanol–water partition coefficient (Wildman–Crippen LogP) is 0.513. The molecule has 18 heavy (non-hydrogen) atoms. The molecule has 0 heterocycles. The van der Waals surface area contributed by atoms with E-state index >= 15 is 0 Å². The summed E-state index contributed by atoms with van der Waals surface area (Å²) >= 11 is 0. The second-order valence-electron chi connectivity index (χ2n) is 3.74. The summed E-state index contributed by atoms with van der Waals surface area (Å²) in [5, 5.41) is 11.5. The molecule has 1 aromatic rings. The van der Waals surface area contributed by atoms with E-state index in [4.69, 9.17) is 5.11 Å². The average molecular weight is 251 g/mol. The molecule has 1 atom stereocenters. The third kappa shape index (κ3) is 3.30. The summed E-state index contributed by atoms with van der Waals surface area (Å²) in [6.45, 7) is 1.45. The number of aliphatic hydroxyl groups excluding tert-OH is 1. The monoisotopic (exact) mass is 251 g/mol. The number of nitrogens with one attached hydrogen (secondary N) is 1. The van der Waals surface area contributed by atoms with Crippen LogP contribution in [0.15, 0.2) is 24.3 Å². The Hall–Kier alpha value is -1.88. The SMILES string of the molecule is CCc1ccccc1C(=O)N[C@@H](CO)C(=O)OC. The van der Waals surface area contributed by atoms with Crippen LogP contribution >= 0.6 is 0 Å². The van der Waals surface area contributed by atoms with Crippen LogP contribution in [-0.4, -0.2) is 36.7 Å². The molecule has 0 bridgehead atoms. The molecule has 98 valence electrons. The van der Waals surface area contributed by atoms with Gasteiger partial charge in [-0.3, -0.25) is 4.79 Å². The first-order valence-corrected chi connectivity index (χ1v) is 5.71. The molecule has 2 N–H and O–H groups in total. The van der Waals surface area contributed by atoms with Crippen LogP contribution in [0.25, 0.3) is 0 Å². The number of ether oxygens (including phenoxy) is 1. The minimum Gasteiger partial charge on any atom is -0.467 e. The van der Waals surface area contributed by atoms with Crippen molar-refractivity contribution < 1.29 is 19.4 Å². The second kappa shape index (κ2) is 6.76. The summed E-state index contributed by atoms with van der Waals surface area (Å²) in [7, 11) is 1.21. The van der Waals surface area contributed by atoms with Gasteiger partial charge in [-0.15, -0.1) is 0 Å². The minimum absolute atomic E-state index is 0.392. The number of esters is 1. The number of benzene rings is 1. The van der Waals surface area contributed by atoms with Crippen molar-refractivity contribution in [3.05, 3.63) is 35.4 Å². The number of amides is 1. The zero-order chi connectivity index (χ0) is 13.5. The highest BCUT2D eigenvalue weighted by Crippen LogP contribution is 2.09. The Bertz CT molecular complexity index is 431. The van der Waals surface area contributed by atoms with Gasteiger partial charge in [0.2, 0.25) is 0 Å². The fourth-order valence-corrected chi connectivity index (χ4v) is 1.61. The van der Waals surface area contributed by atoms with Crippen LogP contribution in [-0.2, 0) is 16.0 Å². The van der Waals surface area contributed by atoms with E-state index in [-0.39, 0.29) is 0 Å². The lowest BCUT2D eigenvalue weighted by atomic mass is 10.0. The molecular formula is C13H17NO4. The van der Waals surface area contributed by atoms with E-state index in [1.807, 2.05) is 19.1 Å². The van der Waals surface area contributed by atoms with Crippen molar-refractivity contribution in [3.8, 4) is 0 Å². The van der Waals surface area contributed by atoms with Crippen molar-refractivity contribution in [2.75, 3.05) is 13.7 Å². The molecule has 0 spiro atoms. The van der Waals surface area contributed by atoms with Gasteiger partial charge in [-0.2, -0.15) is 0 Å². The summed E-state index contributed by atoms with van der Waals surface area (Å²) < 4.78 is 4.48. The molecule has 1 amide bonds. The minimum atomic E-state index is -1.03. The van der Waals surface area contributed by atoms with Crippen molar-refractivity contribution in [3.63, 3.8) is 0 Å². The Balaban J connectivity index is 2.84. The zero-order valence-corrected chi connectivity index (χ0v) is 10.5. The molecule has 0 unspecified atom stereocenters. The van der Waals surface area contributed by atoms with Crippen LogP contribution < -0.4 is 5.32 Å². The van der Waals surface area contributed by atoms with Gasteiger partial charge >= 0.3 is 5.97 Å². The smallest absolute Gasteiger partial charge is 0.330 e. The third-order valence-electron chi connectivity index (χ3n) is 2.62. The summed E-state index contributed by atoms with van der Waals surface area (Å²) in [6, 6.07) is 6.09. The number of carbonyl (C=O) groups is 2. The van der Waals surface area contributed by atoms with Gasteiger partial charge in [0, 0.05) is 5.56 Å². The maximum Gasteiger partial charge on any atom is 0.330 e. The molecule has 0 saturated heterocycles. The quantitative estimate of drug-likeness (QED) is 0.748. The molecule has 1 rings (SSSR count). The van der Waals surface area contributed by atoms with Crippen molar-refractivity contribution in [1.82, 2.24) is 5.32 Å². The lowest BCUT2D eigenvalue weighted by Crippen LogP contribution is -2.44. The van der Waals surface area contributed by atoms with E-state index in [1.54, 1.807) is 12.1 Å². The lowest BCUT2D eigenvalue weighted by Gasteiger charge is -2.15. The fraction of sp³-hybridized carbons (Fsp3) is 0.385. The molecule has 5 heteroatoms. The molecular weight excluding hydrogens is 234 g/mol. The maximum atomic E-state index is 12.0. The van der Waals surface area contributed by atoms with Crippen LogP contribution in [0.3, 0.4) is 0 Å². The molecule has 1 aromatic carbocycles. The van der Waals surface area contributed by atoms with E-state index in [1.165, 1.54) is 7.11 Å². The highest BCUT2D eigenvalue weighted by Gasteiger charge is 2.21. The number of aliphatic hydroxyl groups is 1. The van der Waals surface area contributed by atoms with Gasteiger partial charge in [0.25, 0.3) is 5.91 Å². The van der Waals surface area contributed by atoms with Crippen molar-refractivity contribution >= 4 is 11.9 Å². The molecule has 5 nitrogen and oxygen atoms in total. The predicted molar refractivity (Wildman–Crippen MR) is 66.2 cm³/mol. The molecule has 0 saturated carbocycles. The first-order valence-electron chi connectivity index (χ1n) is 5.71. The van der Waals surface area contributed by atoms with Gasteiger partial charge in [-0.05, 0) is 18.1 Å². The molecule has 0 aliphatic carbocycles. The Morgan fingerprint density at radius 3 is 2.61 bits per heavy atom. The first kappa shape index (κ1) is 14.2. The molecule has 0 aromatic heterocycles. The lowest BCUT2D eigenvalue weighted by molar-refractivity contribution is -0.143. The number of carbonyl (C=O) groups excluding carboxylic acids is 2. The van der Waals surface area contributed by atoms with Crippen molar-refractivity contribution in [2.24, 2.45) is 0 Å². The van der Waals surface area contributed by atoms with Gasteiger partial charge in [-0.1, -0.05) is 25.1 Å².